The monoisotopic (exact) mass is 385 g/mol. The third kappa shape index (κ3) is 3.95. The number of hydrogen-bond acceptors (Lipinski definition) is 4. The number of nitrogens with one attached hydrogen (secondary N) is 2. The van der Waals surface area contributed by atoms with E-state index in [2.05, 4.69) is 31.0 Å². The summed E-state index contributed by atoms with van der Waals surface area (Å²) in [5, 5.41) is 10.7. The number of aromatic nitrogens is 1. The van der Waals surface area contributed by atoms with Crippen LogP contribution in [0.2, 0.25) is 0 Å². The number of benzene rings is 1. The Morgan fingerprint density at radius 2 is 1.82 bits per heavy atom. The van der Waals surface area contributed by atoms with Crippen LogP contribution in [0.1, 0.15) is 5.56 Å². The number of hydrogen-bond donors (Lipinski definition) is 3. The van der Waals surface area contributed by atoms with Crippen molar-refractivity contribution in [3.63, 3.8) is 0 Å². The normalized spacial score (nSPS) is 11.0. The number of carbonyl (C=O) groups is 1. The fourth-order valence-electron chi connectivity index (χ4n) is 1.61. The first kappa shape index (κ1) is 16.2. The summed E-state index contributed by atoms with van der Waals surface area (Å²) in [6, 6.07) is 9.15. The van der Waals surface area contributed by atoms with Gasteiger partial charge in [0.05, 0.1) is 10.6 Å². The topological polar surface area (TPSA) is 108 Å². The van der Waals surface area contributed by atoms with Gasteiger partial charge < -0.3 is 5.11 Å². The number of rotatable bonds is 4. The Morgan fingerprint density at radius 1 is 1.18 bits per heavy atom. The van der Waals surface area contributed by atoms with E-state index in [1.807, 2.05) is 6.92 Å². The minimum atomic E-state index is -3.75. The molecule has 0 aliphatic carbocycles. The molecular weight excluding hydrogens is 374 g/mol. The van der Waals surface area contributed by atoms with Crippen LogP contribution in [0, 0.1) is 6.92 Å². The summed E-state index contributed by atoms with van der Waals surface area (Å²) in [6.07, 6.45) is -1.26. The predicted octanol–water partition coefficient (Wildman–Crippen LogP) is 3.04. The maximum atomic E-state index is 12.3. The Kier molecular flexibility index (Phi) is 4.67. The molecule has 116 valence electrons. The van der Waals surface area contributed by atoms with Gasteiger partial charge >= 0.3 is 6.09 Å². The summed E-state index contributed by atoms with van der Waals surface area (Å²) in [5.41, 5.74) is 1.16. The van der Waals surface area contributed by atoms with Crippen molar-refractivity contribution in [2.24, 2.45) is 0 Å². The van der Waals surface area contributed by atoms with Crippen molar-refractivity contribution in [2.75, 3.05) is 10.0 Å². The van der Waals surface area contributed by atoms with Crippen LogP contribution in [-0.2, 0) is 10.0 Å². The average Bonchev–Trinajstić information content (AvgIpc) is 2.41. The molecule has 9 heteroatoms. The predicted molar refractivity (Wildman–Crippen MR) is 85.6 cm³/mol. The third-order valence-electron chi connectivity index (χ3n) is 2.66. The van der Waals surface area contributed by atoms with E-state index >= 15 is 0 Å². The van der Waals surface area contributed by atoms with Crippen LogP contribution in [0.5, 0.6) is 0 Å². The average molecular weight is 386 g/mol. The molecule has 7 nitrogen and oxygen atoms in total. The molecule has 0 aliphatic heterocycles. The lowest BCUT2D eigenvalue weighted by molar-refractivity contribution is 0.209. The highest BCUT2D eigenvalue weighted by molar-refractivity contribution is 9.10. The van der Waals surface area contributed by atoms with E-state index in [4.69, 9.17) is 5.11 Å². The number of sulfonamides is 1. The molecule has 2 rings (SSSR count). The molecule has 1 amide bonds. The molecule has 0 aliphatic rings. The third-order valence-corrected chi connectivity index (χ3v) is 4.65. The first-order valence-corrected chi connectivity index (χ1v) is 8.31. The van der Waals surface area contributed by atoms with E-state index in [0.29, 0.717) is 0 Å². The van der Waals surface area contributed by atoms with Crippen LogP contribution < -0.4 is 10.0 Å². The van der Waals surface area contributed by atoms with Crippen molar-refractivity contribution in [1.82, 2.24) is 4.98 Å². The summed E-state index contributed by atoms with van der Waals surface area (Å²) < 4.78 is 27.1. The van der Waals surface area contributed by atoms with E-state index in [1.165, 1.54) is 24.3 Å². The highest BCUT2D eigenvalue weighted by Crippen LogP contribution is 2.25. The number of aryl methyl sites for hydroxylation is 1. The van der Waals surface area contributed by atoms with Gasteiger partial charge in [0, 0.05) is 0 Å². The molecule has 2 aromatic rings. The van der Waals surface area contributed by atoms with Crippen LogP contribution in [-0.4, -0.2) is 24.6 Å². The molecule has 22 heavy (non-hydrogen) atoms. The van der Waals surface area contributed by atoms with Gasteiger partial charge in [-0.3, -0.25) is 10.0 Å². The molecule has 0 radical (unpaired) electrons. The lowest BCUT2D eigenvalue weighted by Crippen LogP contribution is -2.14. The first-order chi connectivity index (χ1) is 10.3. The minimum Gasteiger partial charge on any atom is -0.465 e. The van der Waals surface area contributed by atoms with Crippen LogP contribution in [0.25, 0.3) is 0 Å². The fraction of sp³-hybridized carbons (Fsp3) is 0.0769. The Morgan fingerprint density at radius 3 is 2.36 bits per heavy atom. The SMILES string of the molecule is Cc1ccc(S(=O)(=O)Nc2ccc(NC(=O)O)nc2Br)cc1. The van der Waals surface area contributed by atoms with Crippen LogP contribution in [0.4, 0.5) is 16.3 Å². The zero-order valence-corrected chi connectivity index (χ0v) is 13.8. The van der Waals surface area contributed by atoms with Gasteiger partial charge in [0.1, 0.15) is 10.4 Å². The molecule has 0 saturated heterocycles. The number of nitrogens with zero attached hydrogens (tertiary/aromatic N) is 1. The standard InChI is InChI=1S/C13H12BrN3O4S/c1-8-2-4-9(5-3-8)22(20,21)17-10-6-7-11(15-12(10)14)16-13(18)19/h2-7,17H,1H3,(H,15,16)(H,18,19). The molecule has 3 N–H and O–H groups in total. The number of carboxylic acid groups (broad SMARTS) is 1. The lowest BCUT2D eigenvalue weighted by atomic mass is 10.2. The van der Waals surface area contributed by atoms with Crippen LogP contribution >= 0.6 is 15.9 Å². The number of amides is 1. The van der Waals surface area contributed by atoms with Crippen molar-refractivity contribution in [3.8, 4) is 0 Å². The van der Waals surface area contributed by atoms with E-state index in [1.54, 1.807) is 12.1 Å². The van der Waals surface area contributed by atoms with Gasteiger partial charge in [-0.15, -0.1) is 0 Å². The molecule has 0 bridgehead atoms. The van der Waals surface area contributed by atoms with Gasteiger partial charge in [-0.05, 0) is 47.1 Å². The summed E-state index contributed by atoms with van der Waals surface area (Å²) in [7, 11) is -3.75. The number of pyridine rings is 1. The Labute approximate surface area is 135 Å². The highest BCUT2D eigenvalue weighted by atomic mass is 79.9. The zero-order chi connectivity index (χ0) is 16.3. The van der Waals surface area contributed by atoms with Gasteiger partial charge in [0.2, 0.25) is 0 Å². The Bertz CT molecular complexity index is 807. The van der Waals surface area contributed by atoms with E-state index in [9.17, 15) is 13.2 Å². The second kappa shape index (κ2) is 6.32. The van der Waals surface area contributed by atoms with Crippen molar-refractivity contribution < 1.29 is 18.3 Å². The van der Waals surface area contributed by atoms with Crippen LogP contribution in [0.15, 0.2) is 45.9 Å². The highest BCUT2D eigenvalue weighted by Gasteiger charge is 2.16. The summed E-state index contributed by atoms with van der Waals surface area (Å²) in [5.74, 6) is 0.0812. The lowest BCUT2D eigenvalue weighted by Gasteiger charge is -2.10. The molecule has 0 spiro atoms. The second-order valence-corrected chi connectivity index (χ2v) is 6.82. The molecule has 1 aromatic carbocycles. The van der Waals surface area contributed by atoms with Crippen molar-refractivity contribution in [1.29, 1.82) is 0 Å². The quantitative estimate of drug-likeness (QED) is 0.700. The Balaban J connectivity index is 2.26. The van der Waals surface area contributed by atoms with Gasteiger partial charge in [-0.25, -0.2) is 18.2 Å². The van der Waals surface area contributed by atoms with E-state index in [0.717, 1.165) is 5.56 Å². The van der Waals surface area contributed by atoms with Gasteiger partial charge in [-0.2, -0.15) is 0 Å². The second-order valence-electron chi connectivity index (χ2n) is 4.38. The molecule has 0 atom stereocenters. The summed E-state index contributed by atoms with van der Waals surface area (Å²) in [4.78, 5) is 14.6. The first-order valence-electron chi connectivity index (χ1n) is 6.04. The minimum absolute atomic E-state index is 0.0812. The van der Waals surface area contributed by atoms with Crippen LogP contribution in [0.3, 0.4) is 0 Å². The van der Waals surface area contributed by atoms with E-state index < -0.39 is 16.1 Å². The summed E-state index contributed by atoms with van der Waals surface area (Å²) in [6.45, 7) is 1.86. The maximum Gasteiger partial charge on any atom is 0.410 e. The number of anilines is 2. The zero-order valence-electron chi connectivity index (χ0n) is 11.4. The molecule has 1 heterocycles. The van der Waals surface area contributed by atoms with Gasteiger partial charge in [0.15, 0.2) is 0 Å². The summed E-state index contributed by atoms with van der Waals surface area (Å²) >= 11 is 3.10. The molecular formula is C13H12BrN3O4S. The molecule has 0 unspecified atom stereocenters. The van der Waals surface area contributed by atoms with Gasteiger partial charge in [-0.1, -0.05) is 17.7 Å². The van der Waals surface area contributed by atoms with Crippen molar-refractivity contribution in [3.05, 3.63) is 46.6 Å². The maximum absolute atomic E-state index is 12.3. The van der Waals surface area contributed by atoms with E-state index in [-0.39, 0.29) is 21.0 Å². The largest absolute Gasteiger partial charge is 0.465 e. The van der Waals surface area contributed by atoms with Crippen molar-refractivity contribution >= 4 is 43.6 Å². The van der Waals surface area contributed by atoms with Gasteiger partial charge in [0.25, 0.3) is 10.0 Å². The molecule has 0 saturated carbocycles. The smallest absolute Gasteiger partial charge is 0.410 e. The fourth-order valence-corrected chi connectivity index (χ4v) is 3.23. The molecule has 1 aromatic heterocycles. The Hall–Kier alpha value is -2.13. The number of halogens is 1. The van der Waals surface area contributed by atoms with Crippen molar-refractivity contribution in [2.45, 2.75) is 11.8 Å². The molecule has 0 fully saturated rings.